The first-order valence-electron chi connectivity index (χ1n) is 7.88. The highest BCUT2D eigenvalue weighted by Crippen LogP contribution is 2.22. The molecule has 0 saturated heterocycles. The number of benzene rings is 1. The highest BCUT2D eigenvalue weighted by Gasteiger charge is 2.13. The van der Waals surface area contributed by atoms with Gasteiger partial charge in [0.1, 0.15) is 5.39 Å². The van der Waals surface area contributed by atoms with Gasteiger partial charge in [-0.3, -0.25) is 18.8 Å². The number of hydrogen-bond acceptors (Lipinski definition) is 4. The molecule has 8 heteroatoms. The van der Waals surface area contributed by atoms with Crippen LogP contribution in [0.1, 0.15) is 24.9 Å². The first-order valence-corrected chi connectivity index (χ1v) is 8.67. The smallest absolute Gasteiger partial charge is 0.264 e. The third-order valence-electron chi connectivity index (χ3n) is 4.05. The molecule has 1 aromatic carbocycles. The number of nitrogens with zero attached hydrogens (tertiary/aromatic N) is 4. The Morgan fingerprint density at radius 1 is 1.36 bits per heavy atom. The molecular formula is C17H18BrN5O2. The van der Waals surface area contributed by atoms with Gasteiger partial charge in [-0.1, -0.05) is 34.1 Å². The number of rotatable bonds is 5. The molecule has 25 heavy (non-hydrogen) atoms. The number of carbonyl (C=O) groups is 1. The van der Waals surface area contributed by atoms with Crippen LogP contribution in [0.25, 0.3) is 11.0 Å². The molecule has 0 fully saturated rings. The molecule has 0 aliphatic heterocycles. The third-order valence-corrected chi connectivity index (χ3v) is 4.77. The fraction of sp³-hybridized carbons (Fsp3) is 0.294. The van der Waals surface area contributed by atoms with Crippen molar-refractivity contribution in [3.63, 3.8) is 0 Å². The number of aromatic nitrogens is 4. The van der Waals surface area contributed by atoms with Gasteiger partial charge < -0.3 is 5.32 Å². The van der Waals surface area contributed by atoms with E-state index in [1.807, 2.05) is 31.2 Å². The average Bonchev–Trinajstić information content (AvgIpc) is 2.96. The summed E-state index contributed by atoms with van der Waals surface area (Å²) < 4.78 is 3.94. The lowest BCUT2D eigenvalue weighted by molar-refractivity contribution is -0.121. The summed E-state index contributed by atoms with van der Waals surface area (Å²) in [4.78, 5) is 28.8. The monoisotopic (exact) mass is 403 g/mol. The molecule has 0 spiro atoms. The fourth-order valence-electron chi connectivity index (χ4n) is 2.67. The van der Waals surface area contributed by atoms with Crippen LogP contribution in [-0.4, -0.2) is 25.2 Å². The van der Waals surface area contributed by atoms with Crippen LogP contribution in [0.4, 0.5) is 0 Å². The van der Waals surface area contributed by atoms with E-state index in [4.69, 9.17) is 0 Å². The van der Waals surface area contributed by atoms with Crippen molar-refractivity contribution >= 4 is 32.9 Å². The maximum atomic E-state index is 12.4. The first-order chi connectivity index (χ1) is 12.0. The Bertz CT molecular complexity index is 979. The van der Waals surface area contributed by atoms with Gasteiger partial charge in [0, 0.05) is 24.5 Å². The van der Waals surface area contributed by atoms with E-state index in [2.05, 4.69) is 31.3 Å². The molecule has 0 saturated carbocycles. The molecule has 3 rings (SSSR count). The summed E-state index contributed by atoms with van der Waals surface area (Å²) in [6.45, 7) is 2.19. The van der Waals surface area contributed by atoms with E-state index in [0.717, 1.165) is 10.0 Å². The summed E-state index contributed by atoms with van der Waals surface area (Å²) in [5.74, 6) is -0.124. The van der Waals surface area contributed by atoms with E-state index >= 15 is 0 Å². The Labute approximate surface area is 152 Å². The maximum absolute atomic E-state index is 12.4. The number of fused-ring (bicyclic) bond motifs is 1. The Kier molecular flexibility index (Phi) is 4.98. The zero-order chi connectivity index (χ0) is 18.0. The quantitative estimate of drug-likeness (QED) is 0.707. The van der Waals surface area contributed by atoms with Crippen molar-refractivity contribution < 1.29 is 4.79 Å². The Morgan fingerprint density at radius 2 is 2.12 bits per heavy atom. The first kappa shape index (κ1) is 17.3. The Balaban J connectivity index is 1.66. The van der Waals surface area contributed by atoms with Gasteiger partial charge in [-0.05, 0) is 18.6 Å². The number of nitrogens with one attached hydrogen (secondary N) is 1. The van der Waals surface area contributed by atoms with Crippen molar-refractivity contribution in [2.45, 2.75) is 25.9 Å². The van der Waals surface area contributed by atoms with Crippen LogP contribution in [0.2, 0.25) is 0 Å². The molecule has 130 valence electrons. The summed E-state index contributed by atoms with van der Waals surface area (Å²) in [6.07, 6.45) is 3.15. The summed E-state index contributed by atoms with van der Waals surface area (Å²) >= 11 is 3.48. The molecule has 0 aliphatic rings. The molecule has 1 amide bonds. The van der Waals surface area contributed by atoms with Crippen LogP contribution in [0.15, 0.2) is 46.1 Å². The summed E-state index contributed by atoms with van der Waals surface area (Å²) in [7, 11) is 1.73. The normalized spacial score (nSPS) is 12.3. The lowest BCUT2D eigenvalue weighted by Crippen LogP contribution is -2.29. The number of halogens is 1. The van der Waals surface area contributed by atoms with Gasteiger partial charge in [-0.2, -0.15) is 5.10 Å². The van der Waals surface area contributed by atoms with Crippen molar-refractivity contribution in [2.75, 3.05) is 0 Å². The van der Waals surface area contributed by atoms with E-state index in [1.54, 1.807) is 11.7 Å². The molecule has 2 aromatic heterocycles. The van der Waals surface area contributed by atoms with E-state index in [1.165, 1.54) is 17.1 Å². The molecular weight excluding hydrogens is 386 g/mol. The van der Waals surface area contributed by atoms with Crippen molar-refractivity contribution in [1.82, 2.24) is 24.6 Å². The minimum Gasteiger partial charge on any atom is -0.349 e. The van der Waals surface area contributed by atoms with Crippen LogP contribution < -0.4 is 10.9 Å². The van der Waals surface area contributed by atoms with Gasteiger partial charge in [-0.25, -0.2) is 4.98 Å². The highest BCUT2D eigenvalue weighted by molar-refractivity contribution is 9.10. The lowest BCUT2D eigenvalue weighted by atomic mass is 10.1. The minimum absolute atomic E-state index is 0.124. The minimum atomic E-state index is -0.190. The SMILES string of the molecule is CC(NC(=O)CCn1cnc2c(cnn2C)c1=O)c1ccccc1Br. The maximum Gasteiger partial charge on any atom is 0.264 e. The molecule has 3 aromatic rings. The molecule has 0 aliphatic carbocycles. The van der Waals surface area contributed by atoms with Crippen molar-refractivity contribution in [1.29, 1.82) is 0 Å². The van der Waals surface area contributed by atoms with Gasteiger partial charge in [0.15, 0.2) is 5.65 Å². The average molecular weight is 404 g/mol. The van der Waals surface area contributed by atoms with Crippen molar-refractivity contribution in [2.24, 2.45) is 7.05 Å². The molecule has 0 bridgehead atoms. The molecule has 1 atom stereocenters. The Morgan fingerprint density at radius 3 is 2.88 bits per heavy atom. The third kappa shape index (κ3) is 3.63. The van der Waals surface area contributed by atoms with Crippen LogP contribution in [-0.2, 0) is 18.4 Å². The second kappa shape index (κ2) is 7.18. The number of hydrogen-bond donors (Lipinski definition) is 1. The standard InChI is InChI=1S/C17H18BrN5O2/c1-11(12-5-3-4-6-14(12)18)21-15(24)7-8-23-10-19-16-13(17(23)25)9-20-22(16)2/h3-6,9-11H,7-8H2,1-2H3,(H,21,24). The van der Waals surface area contributed by atoms with Gasteiger partial charge in [0.05, 0.1) is 18.6 Å². The summed E-state index contributed by atoms with van der Waals surface area (Å²) in [5, 5.41) is 7.43. The molecule has 7 nitrogen and oxygen atoms in total. The van der Waals surface area contributed by atoms with E-state index in [9.17, 15) is 9.59 Å². The van der Waals surface area contributed by atoms with Gasteiger partial charge in [0.25, 0.3) is 5.56 Å². The second-order valence-electron chi connectivity index (χ2n) is 5.81. The molecule has 1 N–H and O–H groups in total. The summed E-state index contributed by atoms with van der Waals surface area (Å²) in [6, 6.07) is 7.62. The molecule has 1 unspecified atom stereocenters. The van der Waals surface area contributed by atoms with Crippen LogP contribution in [0.3, 0.4) is 0 Å². The second-order valence-corrected chi connectivity index (χ2v) is 6.66. The van der Waals surface area contributed by atoms with Crippen molar-refractivity contribution in [3.8, 4) is 0 Å². The fourth-order valence-corrected chi connectivity index (χ4v) is 3.29. The van der Waals surface area contributed by atoms with Gasteiger partial charge >= 0.3 is 0 Å². The molecule has 0 radical (unpaired) electrons. The predicted molar refractivity (Wildman–Crippen MR) is 98.1 cm³/mol. The zero-order valence-electron chi connectivity index (χ0n) is 13.9. The highest BCUT2D eigenvalue weighted by atomic mass is 79.9. The lowest BCUT2D eigenvalue weighted by Gasteiger charge is -2.16. The van der Waals surface area contributed by atoms with E-state index in [-0.39, 0.29) is 30.5 Å². The van der Waals surface area contributed by atoms with E-state index < -0.39 is 0 Å². The summed E-state index contributed by atoms with van der Waals surface area (Å²) in [5.41, 5.74) is 1.35. The molecule has 2 heterocycles. The number of aryl methyl sites for hydroxylation is 2. The topological polar surface area (TPSA) is 81.8 Å². The predicted octanol–water partition coefficient (Wildman–Crippen LogP) is 2.16. The van der Waals surface area contributed by atoms with Crippen LogP contribution in [0, 0.1) is 0 Å². The van der Waals surface area contributed by atoms with E-state index in [0.29, 0.717) is 11.0 Å². The number of amides is 1. The van der Waals surface area contributed by atoms with Crippen LogP contribution >= 0.6 is 15.9 Å². The number of carbonyl (C=O) groups excluding carboxylic acids is 1. The van der Waals surface area contributed by atoms with Crippen molar-refractivity contribution in [3.05, 3.63) is 57.2 Å². The van der Waals surface area contributed by atoms with Crippen LogP contribution in [0.5, 0.6) is 0 Å². The van der Waals surface area contributed by atoms with Gasteiger partial charge in [-0.15, -0.1) is 0 Å². The largest absolute Gasteiger partial charge is 0.349 e. The van der Waals surface area contributed by atoms with Gasteiger partial charge in [0.2, 0.25) is 5.91 Å². The zero-order valence-corrected chi connectivity index (χ0v) is 15.5. The Hall–Kier alpha value is -2.48.